The molecule has 4 heteroatoms. The topological polar surface area (TPSA) is 0 Å². The molecule has 0 unspecified atom stereocenters. The summed E-state index contributed by atoms with van der Waals surface area (Å²) in [4.78, 5) is 0. The first-order valence-electron chi connectivity index (χ1n) is 15.8. The summed E-state index contributed by atoms with van der Waals surface area (Å²) in [6.07, 6.45) is 11.0. The molecular formula is C42H50Cl2SiZr. The Morgan fingerprint density at radius 3 is 1.59 bits per heavy atom. The quantitative estimate of drug-likeness (QED) is 0.125. The predicted octanol–water partition coefficient (Wildman–Crippen LogP) is 10.4. The number of fused-ring (bicyclic) bond motifs is 3. The Morgan fingerprint density at radius 1 is 0.674 bits per heavy atom. The Bertz CT molecular complexity index is 1570. The van der Waals surface area contributed by atoms with Gasteiger partial charge in [0.1, 0.15) is 0 Å². The van der Waals surface area contributed by atoms with E-state index in [9.17, 15) is 0 Å². The van der Waals surface area contributed by atoms with Gasteiger partial charge in [0.25, 0.3) is 0 Å². The van der Waals surface area contributed by atoms with Crippen molar-refractivity contribution in [1.29, 1.82) is 0 Å². The molecule has 0 aliphatic heterocycles. The fourth-order valence-electron chi connectivity index (χ4n) is 5.97. The van der Waals surface area contributed by atoms with E-state index in [-0.39, 0.29) is 35.6 Å². The minimum Gasteiger partial charge on any atom is -0.273 e. The molecule has 0 saturated carbocycles. The van der Waals surface area contributed by atoms with Crippen LogP contribution in [0.1, 0.15) is 92.5 Å². The van der Waals surface area contributed by atoms with Crippen molar-refractivity contribution in [3.8, 4) is 11.1 Å². The van der Waals surface area contributed by atoms with Gasteiger partial charge in [-0.25, -0.2) is 12.2 Å². The van der Waals surface area contributed by atoms with Crippen molar-refractivity contribution >= 4 is 40.6 Å². The fourth-order valence-corrected chi connectivity index (χ4v) is 9.76. The van der Waals surface area contributed by atoms with Gasteiger partial charge < -0.3 is 0 Å². The SMILES string of the molecule is Cc1[c-]c2c(cc1C(C)(C)C)-c1cc(C(C)(C)C)c(C)cc1C2.Cc1ccc([Si](=[Zr+2])c2ccc(C)cc2)cc1.Cl.Cl.[C-]1=CC=CC1. The monoisotopic (exact) mass is 742 g/mol. The largest absolute Gasteiger partial charge is 0.273 e. The maximum Gasteiger partial charge on any atom is -0.109 e. The Balaban J connectivity index is 0.000000278. The van der Waals surface area contributed by atoms with Crippen LogP contribution in [0.2, 0.25) is 0 Å². The Hall–Kier alpha value is -1.96. The van der Waals surface area contributed by atoms with E-state index < -0.39 is 5.43 Å². The van der Waals surface area contributed by atoms with E-state index in [0.717, 1.165) is 12.8 Å². The van der Waals surface area contributed by atoms with Gasteiger partial charge >= 0.3 is 113 Å². The van der Waals surface area contributed by atoms with Gasteiger partial charge in [0.15, 0.2) is 0 Å². The Labute approximate surface area is 307 Å². The van der Waals surface area contributed by atoms with Crippen molar-refractivity contribution in [2.45, 2.75) is 92.9 Å². The molecule has 0 N–H and O–H groups in total. The summed E-state index contributed by atoms with van der Waals surface area (Å²) in [5.74, 6) is 0. The predicted molar refractivity (Wildman–Crippen MR) is 204 cm³/mol. The standard InChI is InChI=1S/C23H29.C14H14Si.C5H5.2ClH.Zr/c1-14-9-16-11-17-10-15(2)21(23(6,7)8)13-19(17)18(16)12-20(14)22(3,4)5;1-11-3-7-13(8-4-11)15-14-9-5-12(2)6-10-14;1-2-4-5-3-1;;;/h9,12-13H,11H2,1-8H3;3-10H,1-2H3;1-3H,4H2;2*1H;/q-1;;-1;;;+2. The van der Waals surface area contributed by atoms with E-state index in [1.807, 2.05) is 12.2 Å². The van der Waals surface area contributed by atoms with E-state index in [2.05, 4.69) is 154 Å². The zero-order valence-corrected chi connectivity index (χ0v) is 34.4. The van der Waals surface area contributed by atoms with Gasteiger partial charge in [-0.15, -0.1) is 47.9 Å². The number of rotatable bonds is 2. The second-order valence-corrected chi connectivity index (χ2v) is 19.9. The molecule has 4 aromatic rings. The first kappa shape index (κ1) is 40.2. The first-order valence-corrected chi connectivity index (χ1v) is 21.0. The van der Waals surface area contributed by atoms with Crippen molar-refractivity contribution in [2.24, 2.45) is 0 Å². The van der Waals surface area contributed by atoms with Crippen molar-refractivity contribution in [3.63, 3.8) is 0 Å². The molecule has 2 aliphatic carbocycles. The minimum atomic E-state index is -0.488. The van der Waals surface area contributed by atoms with Crippen LogP contribution in [0.15, 0.2) is 85.0 Å². The summed E-state index contributed by atoms with van der Waals surface area (Å²) in [5, 5.41) is 3.05. The van der Waals surface area contributed by atoms with E-state index in [4.69, 9.17) is 0 Å². The van der Waals surface area contributed by atoms with Gasteiger partial charge in [-0.2, -0.15) is 23.8 Å². The molecule has 0 nitrogen and oxygen atoms in total. The molecule has 240 valence electrons. The summed E-state index contributed by atoms with van der Waals surface area (Å²) in [6.45, 7) is 22.5. The van der Waals surface area contributed by atoms with E-state index in [1.165, 1.54) is 66.0 Å². The van der Waals surface area contributed by atoms with Crippen LogP contribution < -0.4 is 10.4 Å². The number of aryl methyl sites for hydroxylation is 4. The average Bonchev–Trinajstić information content (AvgIpc) is 3.63. The van der Waals surface area contributed by atoms with Gasteiger partial charge in [-0.3, -0.25) is 6.08 Å². The van der Waals surface area contributed by atoms with Gasteiger partial charge in [0.05, 0.1) is 0 Å². The molecule has 0 saturated heterocycles. The molecule has 0 spiro atoms. The van der Waals surface area contributed by atoms with Crippen molar-refractivity contribution in [1.82, 2.24) is 0 Å². The number of benzene rings is 4. The smallest absolute Gasteiger partial charge is 0.109 e. The number of hydrogen-bond acceptors (Lipinski definition) is 0. The van der Waals surface area contributed by atoms with Crippen LogP contribution in [-0.2, 0) is 40.6 Å². The van der Waals surface area contributed by atoms with Crippen LogP contribution in [0.3, 0.4) is 0 Å². The molecule has 0 heterocycles. The maximum atomic E-state index is 3.69. The van der Waals surface area contributed by atoms with Gasteiger partial charge in [-0.05, 0) is 35.4 Å². The molecule has 0 radical (unpaired) electrons. The number of halogens is 2. The first-order chi connectivity index (χ1) is 20.6. The van der Waals surface area contributed by atoms with Gasteiger partial charge in [-0.1, -0.05) is 71.6 Å². The van der Waals surface area contributed by atoms with Crippen molar-refractivity contribution in [3.05, 3.63) is 142 Å². The van der Waals surface area contributed by atoms with Crippen LogP contribution in [0.5, 0.6) is 0 Å². The molecule has 2 aliphatic rings. The second-order valence-electron chi connectivity index (χ2n) is 14.3. The van der Waals surface area contributed by atoms with Gasteiger partial charge in [0.2, 0.25) is 0 Å². The average molecular weight is 745 g/mol. The summed E-state index contributed by atoms with van der Waals surface area (Å²) in [7, 11) is 0. The minimum absolute atomic E-state index is 0. The van der Waals surface area contributed by atoms with Crippen LogP contribution in [0.25, 0.3) is 11.1 Å². The molecule has 0 aromatic heterocycles. The van der Waals surface area contributed by atoms with E-state index in [0.29, 0.717) is 0 Å². The summed E-state index contributed by atoms with van der Waals surface area (Å²) < 4.78 is 0. The van der Waals surface area contributed by atoms with Crippen molar-refractivity contribution < 1.29 is 23.3 Å². The van der Waals surface area contributed by atoms with Crippen molar-refractivity contribution in [2.75, 3.05) is 0 Å². The zero-order chi connectivity index (χ0) is 32.2. The summed E-state index contributed by atoms with van der Waals surface area (Å²) >= 11 is 1.65. The molecule has 46 heavy (non-hydrogen) atoms. The van der Waals surface area contributed by atoms with Crippen LogP contribution >= 0.6 is 24.8 Å². The van der Waals surface area contributed by atoms with Crippen LogP contribution in [0, 0.1) is 39.8 Å². The fraction of sp³-hybridized carbons (Fsp3) is 0.333. The normalized spacial score (nSPS) is 12.4. The molecule has 0 fully saturated rings. The zero-order valence-electron chi connectivity index (χ0n) is 29.3. The van der Waals surface area contributed by atoms with Gasteiger partial charge in [0, 0.05) is 0 Å². The molecule has 6 rings (SSSR count). The van der Waals surface area contributed by atoms with E-state index >= 15 is 0 Å². The third-order valence-electron chi connectivity index (χ3n) is 8.35. The molecule has 0 amide bonds. The molecule has 4 aromatic carbocycles. The third kappa shape index (κ3) is 10.3. The molecule has 0 bridgehead atoms. The molecule has 0 atom stereocenters. The summed E-state index contributed by atoms with van der Waals surface area (Å²) in [5.41, 5.74) is 13.8. The number of allylic oxidation sites excluding steroid dienone is 4. The Kier molecular flexibility index (Phi) is 14.8. The Morgan fingerprint density at radius 2 is 1.17 bits per heavy atom. The molecular weight excluding hydrogens is 695 g/mol. The van der Waals surface area contributed by atoms with Crippen LogP contribution in [0.4, 0.5) is 0 Å². The second kappa shape index (κ2) is 16.9. The summed E-state index contributed by atoms with van der Waals surface area (Å²) in [6, 6.07) is 29.0. The number of hydrogen-bond donors (Lipinski definition) is 0. The maximum absolute atomic E-state index is 3.69. The third-order valence-corrected chi connectivity index (χ3v) is 14.4. The van der Waals surface area contributed by atoms with E-state index in [1.54, 1.807) is 23.3 Å². The van der Waals surface area contributed by atoms with Crippen LogP contribution in [-0.4, -0.2) is 5.43 Å².